The van der Waals surface area contributed by atoms with Gasteiger partial charge in [-0.1, -0.05) is 18.2 Å². The van der Waals surface area contributed by atoms with Gasteiger partial charge in [0, 0.05) is 29.3 Å². The minimum Gasteiger partial charge on any atom is -0.493 e. The number of hydrogen-bond donors (Lipinski definition) is 0. The Labute approximate surface area is 121 Å². The maximum absolute atomic E-state index is 11.2. The highest BCUT2D eigenvalue weighted by Crippen LogP contribution is 2.34. The predicted molar refractivity (Wildman–Crippen MR) is 74.6 cm³/mol. The van der Waals surface area contributed by atoms with Gasteiger partial charge in [-0.25, -0.2) is 8.42 Å². The van der Waals surface area contributed by atoms with Crippen LogP contribution in [0.4, 0.5) is 0 Å². The summed E-state index contributed by atoms with van der Waals surface area (Å²) in [5.74, 6) is 1.15. The van der Waals surface area contributed by atoms with Crippen molar-refractivity contribution >= 4 is 19.7 Å². The monoisotopic (exact) mass is 312 g/mol. The van der Waals surface area contributed by atoms with Crippen LogP contribution in [0.2, 0.25) is 0 Å². The molecule has 1 aromatic heterocycles. The summed E-state index contributed by atoms with van der Waals surface area (Å²) in [5.41, 5.74) is 1.13. The molecule has 1 aliphatic heterocycles. The Morgan fingerprint density at radius 3 is 2.95 bits per heavy atom. The fourth-order valence-corrected chi connectivity index (χ4v) is 3.06. The fraction of sp³-hybridized carbons (Fsp3) is 0.308. The first-order valence-electron chi connectivity index (χ1n) is 6.23. The van der Waals surface area contributed by atoms with Gasteiger partial charge in [-0.15, -0.1) is 0 Å². The molecule has 0 fully saturated rings. The molecular formula is C13H13ClN2O3S. The third-order valence-corrected chi connectivity index (χ3v) is 4.69. The molecule has 1 atom stereocenters. The van der Waals surface area contributed by atoms with E-state index in [9.17, 15) is 8.42 Å². The quantitative estimate of drug-likeness (QED) is 0.816. The van der Waals surface area contributed by atoms with Crippen LogP contribution in [0.3, 0.4) is 0 Å². The Morgan fingerprint density at radius 1 is 1.40 bits per heavy atom. The van der Waals surface area contributed by atoms with Crippen LogP contribution in [0.1, 0.15) is 17.9 Å². The summed E-state index contributed by atoms with van der Waals surface area (Å²) in [4.78, 5) is 0.0273. The number of nitrogens with zero attached hydrogens (tertiary/aromatic N) is 2. The molecule has 5 nitrogen and oxygen atoms in total. The second kappa shape index (κ2) is 5.10. The van der Waals surface area contributed by atoms with Crippen LogP contribution in [-0.2, 0) is 15.6 Å². The van der Waals surface area contributed by atoms with Crippen LogP contribution in [0.25, 0.3) is 0 Å². The molecule has 1 aliphatic rings. The summed E-state index contributed by atoms with van der Waals surface area (Å²) < 4.78 is 29.7. The van der Waals surface area contributed by atoms with E-state index in [1.807, 2.05) is 24.3 Å². The highest BCUT2D eigenvalue weighted by molar-refractivity contribution is 8.13. The van der Waals surface area contributed by atoms with Gasteiger partial charge in [0.25, 0.3) is 9.05 Å². The summed E-state index contributed by atoms with van der Waals surface area (Å²) in [6, 6.07) is 7.88. The van der Waals surface area contributed by atoms with E-state index in [1.54, 1.807) is 4.68 Å². The lowest BCUT2D eigenvalue weighted by Gasteiger charge is -2.25. The molecule has 0 saturated carbocycles. The first-order chi connectivity index (χ1) is 9.54. The molecule has 1 unspecified atom stereocenters. The first-order valence-corrected chi connectivity index (χ1v) is 8.54. The zero-order chi connectivity index (χ0) is 14.2. The molecule has 0 saturated heterocycles. The van der Waals surface area contributed by atoms with Gasteiger partial charge in [-0.05, 0) is 18.1 Å². The molecule has 0 amide bonds. The van der Waals surface area contributed by atoms with Gasteiger partial charge in [0.15, 0.2) is 0 Å². The number of halogens is 1. The summed E-state index contributed by atoms with van der Waals surface area (Å²) in [7, 11) is 1.58. The van der Waals surface area contributed by atoms with Crippen molar-refractivity contribution in [3.8, 4) is 5.75 Å². The average Bonchev–Trinajstić information content (AvgIpc) is 2.88. The lowest BCUT2D eigenvalue weighted by atomic mass is 9.93. The Hall–Kier alpha value is -1.53. The molecule has 0 aliphatic carbocycles. The number of ether oxygens (including phenoxy) is 1. The Bertz CT molecular complexity index is 727. The maximum atomic E-state index is 11.2. The highest BCUT2D eigenvalue weighted by Gasteiger charge is 2.22. The van der Waals surface area contributed by atoms with Gasteiger partial charge in [0.1, 0.15) is 10.6 Å². The van der Waals surface area contributed by atoms with Gasteiger partial charge in [0.2, 0.25) is 0 Å². The number of para-hydroxylation sites is 1. The van der Waals surface area contributed by atoms with Crippen molar-refractivity contribution in [1.82, 2.24) is 9.78 Å². The average molecular weight is 313 g/mol. The van der Waals surface area contributed by atoms with Gasteiger partial charge in [0.05, 0.1) is 12.8 Å². The third-order valence-electron chi connectivity index (χ3n) is 3.38. The van der Waals surface area contributed by atoms with Gasteiger partial charge in [-0.2, -0.15) is 5.10 Å². The number of rotatable bonds is 3. The third kappa shape index (κ3) is 2.66. The number of benzene rings is 1. The van der Waals surface area contributed by atoms with Crippen molar-refractivity contribution in [3.63, 3.8) is 0 Å². The van der Waals surface area contributed by atoms with E-state index in [-0.39, 0.29) is 10.8 Å². The van der Waals surface area contributed by atoms with Crippen molar-refractivity contribution in [2.24, 2.45) is 0 Å². The van der Waals surface area contributed by atoms with E-state index in [2.05, 4.69) is 5.10 Å². The van der Waals surface area contributed by atoms with E-state index in [4.69, 9.17) is 15.4 Å². The van der Waals surface area contributed by atoms with Gasteiger partial charge >= 0.3 is 0 Å². The van der Waals surface area contributed by atoms with Crippen LogP contribution < -0.4 is 4.74 Å². The largest absolute Gasteiger partial charge is 0.493 e. The molecule has 1 aromatic carbocycles. The van der Waals surface area contributed by atoms with E-state index in [0.717, 1.165) is 17.7 Å². The topological polar surface area (TPSA) is 61.2 Å². The molecule has 106 valence electrons. The van der Waals surface area contributed by atoms with Crippen LogP contribution in [0.5, 0.6) is 5.75 Å². The fourth-order valence-electron chi connectivity index (χ4n) is 2.40. The summed E-state index contributed by atoms with van der Waals surface area (Å²) in [6.07, 6.45) is 3.60. The van der Waals surface area contributed by atoms with Gasteiger partial charge in [-0.3, -0.25) is 4.68 Å². The second-order valence-corrected chi connectivity index (χ2v) is 7.27. The van der Waals surface area contributed by atoms with Crippen molar-refractivity contribution < 1.29 is 13.2 Å². The Morgan fingerprint density at radius 2 is 2.20 bits per heavy atom. The molecule has 20 heavy (non-hydrogen) atoms. The van der Waals surface area contributed by atoms with E-state index >= 15 is 0 Å². The van der Waals surface area contributed by atoms with Crippen molar-refractivity contribution in [2.75, 3.05) is 6.61 Å². The van der Waals surface area contributed by atoms with Gasteiger partial charge < -0.3 is 4.74 Å². The highest BCUT2D eigenvalue weighted by atomic mass is 35.7. The minimum absolute atomic E-state index is 0.0273. The molecular weight excluding hydrogens is 300 g/mol. The standard InChI is InChI=1S/C13H13ClN2O3S/c14-20(17,18)11-7-15-16(9-11)8-10-5-6-19-13-4-2-1-3-12(10)13/h1-4,7,9-10H,5-6,8H2. The van der Waals surface area contributed by atoms with Crippen LogP contribution in [0, 0.1) is 0 Å². The van der Waals surface area contributed by atoms with Crippen LogP contribution in [0.15, 0.2) is 41.6 Å². The molecule has 3 rings (SSSR count). The van der Waals surface area contributed by atoms with Crippen molar-refractivity contribution in [1.29, 1.82) is 0 Å². The number of fused-ring (bicyclic) bond motifs is 1. The molecule has 0 N–H and O–H groups in total. The maximum Gasteiger partial charge on any atom is 0.264 e. The molecule has 2 heterocycles. The lowest BCUT2D eigenvalue weighted by Crippen LogP contribution is -2.18. The van der Waals surface area contributed by atoms with Crippen molar-refractivity contribution in [3.05, 3.63) is 42.2 Å². The molecule has 0 bridgehead atoms. The smallest absolute Gasteiger partial charge is 0.264 e. The lowest BCUT2D eigenvalue weighted by molar-refractivity contribution is 0.256. The predicted octanol–water partition coefficient (Wildman–Crippen LogP) is 2.38. The molecule has 2 aromatic rings. The molecule has 0 radical (unpaired) electrons. The SMILES string of the molecule is O=S(=O)(Cl)c1cnn(CC2CCOc3ccccc32)c1. The van der Waals surface area contributed by atoms with Crippen molar-refractivity contribution in [2.45, 2.75) is 23.8 Å². The number of aromatic nitrogens is 2. The van der Waals surface area contributed by atoms with E-state index in [1.165, 1.54) is 12.4 Å². The Balaban J connectivity index is 1.84. The van der Waals surface area contributed by atoms with E-state index in [0.29, 0.717) is 13.2 Å². The summed E-state index contributed by atoms with van der Waals surface area (Å²) in [5, 5.41) is 4.06. The molecule has 0 spiro atoms. The Kier molecular flexibility index (Phi) is 3.43. The van der Waals surface area contributed by atoms with Crippen LogP contribution in [-0.4, -0.2) is 24.8 Å². The zero-order valence-electron chi connectivity index (χ0n) is 10.6. The zero-order valence-corrected chi connectivity index (χ0v) is 12.1. The normalized spacial score (nSPS) is 18.4. The first kappa shape index (κ1) is 13.5. The molecule has 7 heteroatoms. The number of hydrogen-bond acceptors (Lipinski definition) is 4. The summed E-state index contributed by atoms with van der Waals surface area (Å²) >= 11 is 0. The van der Waals surface area contributed by atoms with E-state index < -0.39 is 9.05 Å². The summed E-state index contributed by atoms with van der Waals surface area (Å²) in [6.45, 7) is 1.26. The van der Waals surface area contributed by atoms with Crippen LogP contribution >= 0.6 is 10.7 Å². The minimum atomic E-state index is -3.72. The second-order valence-electron chi connectivity index (χ2n) is 4.71.